The number of rotatable bonds is 4. The fourth-order valence-electron chi connectivity index (χ4n) is 3.38. The van der Waals surface area contributed by atoms with Gasteiger partial charge in [0.25, 0.3) is 5.91 Å². The summed E-state index contributed by atoms with van der Waals surface area (Å²) < 4.78 is 18.2. The second kappa shape index (κ2) is 6.64. The predicted molar refractivity (Wildman–Crippen MR) is 96.4 cm³/mol. The van der Waals surface area contributed by atoms with Crippen LogP contribution in [0.1, 0.15) is 47.1 Å². The van der Waals surface area contributed by atoms with Gasteiger partial charge in [-0.1, -0.05) is 30.1 Å². The van der Waals surface area contributed by atoms with Crippen molar-refractivity contribution in [1.29, 1.82) is 0 Å². The highest BCUT2D eigenvalue weighted by Crippen LogP contribution is 2.38. The lowest BCUT2D eigenvalue weighted by Crippen LogP contribution is -2.44. The van der Waals surface area contributed by atoms with E-state index >= 15 is 0 Å². The van der Waals surface area contributed by atoms with Gasteiger partial charge in [-0.25, -0.2) is 4.39 Å². The number of aromatic nitrogens is 2. The normalized spacial score (nSPS) is 15.9. The van der Waals surface area contributed by atoms with Crippen molar-refractivity contribution in [2.75, 3.05) is 0 Å². The summed E-state index contributed by atoms with van der Waals surface area (Å²) in [4.78, 5) is 18.7. The number of carbonyl (C=O) groups excluding carboxylic acids is 1. The van der Waals surface area contributed by atoms with E-state index < -0.39 is 5.54 Å². The molecule has 0 spiro atoms. The third-order valence-electron chi connectivity index (χ3n) is 4.72. The SMILES string of the molecule is Cc1nc(C2(NC(=O)c3ccc(-c4ccc(F)cc4)s3)CCCC2)no1. The lowest BCUT2D eigenvalue weighted by Gasteiger charge is -2.26. The van der Waals surface area contributed by atoms with Crippen molar-refractivity contribution in [3.63, 3.8) is 0 Å². The van der Waals surface area contributed by atoms with Crippen molar-refractivity contribution in [1.82, 2.24) is 15.5 Å². The van der Waals surface area contributed by atoms with Crippen LogP contribution in [0.2, 0.25) is 0 Å². The Labute approximate surface area is 154 Å². The number of benzene rings is 1. The highest BCUT2D eigenvalue weighted by molar-refractivity contribution is 7.17. The van der Waals surface area contributed by atoms with E-state index in [1.165, 1.54) is 23.5 Å². The molecule has 4 rings (SSSR count). The minimum Gasteiger partial charge on any atom is -0.340 e. The summed E-state index contributed by atoms with van der Waals surface area (Å²) in [5.41, 5.74) is 0.328. The van der Waals surface area contributed by atoms with Crippen LogP contribution in [0.15, 0.2) is 40.9 Å². The molecule has 0 bridgehead atoms. The Kier molecular flexibility index (Phi) is 4.32. The van der Waals surface area contributed by atoms with Gasteiger partial charge >= 0.3 is 0 Å². The van der Waals surface area contributed by atoms with Gasteiger partial charge in [0.05, 0.1) is 4.88 Å². The zero-order valence-corrected chi connectivity index (χ0v) is 15.1. The molecule has 1 N–H and O–H groups in total. The van der Waals surface area contributed by atoms with Gasteiger partial charge in [-0.2, -0.15) is 4.98 Å². The number of nitrogens with one attached hydrogen (secondary N) is 1. The first-order valence-corrected chi connectivity index (χ1v) is 9.36. The van der Waals surface area contributed by atoms with Crippen molar-refractivity contribution < 1.29 is 13.7 Å². The van der Waals surface area contributed by atoms with Crippen LogP contribution in [-0.2, 0) is 5.54 Å². The summed E-state index contributed by atoms with van der Waals surface area (Å²) in [5, 5.41) is 7.18. The third-order valence-corrected chi connectivity index (χ3v) is 5.86. The van der Waals surface area contributed by atoms with Gasteiger partial charge < -0.3 is 9.84 Å². The molecule has 3 aromatic rings. The summed E-state index contributed by atoms with van der Waals surface area (Å²) in [7, 11) is 0. The van der Waals surface area contributed by atoms with Gasteiger partial charge in [0.15, 0.2) is 5.82 Å². The van der Waals surface area contributed by atoms with Gasteiger partial charge in [-0.15, -0.1) is 11.3 Å². The smallest absolute Gasteiger partial charge is 0.262 e. The Hall–Kier alpha value is -2.54. The van der Waals surface area contributed by atoms with Crippen LogP contribution >= 0.6 is 11.3 Å². The minimum absolute atomic E-state index is 0.146. The van der Waals surface area contributed by atoms with E-state index in [9.17, 15) is 9.18 Å². The molecular formula is C19H18FN3O2S. The van der Waals surface area contributed by atoms with Crippen LogP contribution in [-0.4, -0.2) is 16.0 Å². The lowest BCUT2D eigenvalue weighted by molar-refractivity contribution is 0.0896. The average molecular weight is 371 g/mol. The molecule has 7 heteroatoms. The Morgan fingerprint density at radius 1 is 1.19 bits per heavy atom. The van der Waals surface area contributed by atoms with E-state index in [1.807, 2.05) is 6.07 Å². The van der Waals surface area contributed by atoms with E-state index in [1.54, 1.807) is 25.1 Å². The maximum atomic E-state index is 13.1. The maximum absolute atomic E-state index is 13.1. The molecule has 1 aromatic carbocycles. The van der Waals surface area contributed by atoms with E-state index in [2.05, 4.69) is 15.5 Å². The van der Waals surface area contributed by atoms with Crippen LogP contribution in [0.3, 0.4) is 0 Å². The predicted octanol–water partition coefficient (Wildman–Crippen LogP) is 4.44. The van der Waals surface area contributed by atoms with Gasteiger partial charge in [-0.05, 0) is 42.7 Å². The Bertz CT molecular complexity index is 926. The van der Waals surface area contributed by atoms with E-state index in [-0.39, 0.29) is 11.7 Å². The summed E-state index contributed by atoms with van der Waals surface area (Å²) in [5.74, 6) is 0.626. The number of amides is 1. The fourth-order valence-corrected chi connectivity index (χ4v) is 4.29. The second-order valence-corrected chi connectivity index (χ2v) is 7.63. The molecule has 0 atom stereocenters. The summed E-state index contributed by atoms with van der Waals surface area (Å²) >= 11 is 1.38. The maximum Gasteiger partial charge on any atom is 0.262 e. The average Bonchev–Trinajstić information content (AvgIpc) is 3.36. The van der Waals surface area contributed by atoms with E-state index in [4.69, 9.17) is 4.52 Å². The quantitative estimate of drug-likeness (QED) is 0.736. The molecule has 1 fully saturated rings. The first-order chi connectivity index (χ1) is 12.6. The van der Waals surface area contributed by atoms with Gasteiger partial charge in [0.2, 0.25) is 5.89 Å². The molecule has 2 heterocycles. The molecule has 2 aromatic heterocycles. The Morgan fingerprint density at radius 2 is 1.92 bits per heavy atom. The minimum atomic E-state index is -0.561. The van der Waals surface area contributed by atoms with Crippen molar-refractivity contribution in [2.45, 2.75) is 38.1 Å². The van der Waals surface area contributed by atoms with Crippen LogP contribution in [0, 0.1) is 12.7 Å². The summed E-state index contributed by atoms with van der Waals surface area (Å²) in [6, 6.07) is 9.93. The van der Waals surface area contributed by atoms with E-state index in [0.717, 1.165) is 36.1 Å². The molecule has 134 valence electrons. The monoisotopic (exact) mass is 371 g/mol. The lowest BCUT2D eigenvalue weighted by atomic mass is 9.96. The molecule has 0 unspecified atom stereocenters. The van der Waals surface area contributed by atoms with Crippen molar-refractivity contribution >= 4 is 17.2 Å². The first kappa shape index (κ1) is 16.9. The number of carbonyl (C=O) groups is 1. The van der Waals surface area contributed by atoms with E-state index in [0.29, 0.717) is 16.6 Å². The van der Waals surface area contributed by atoms with Crippen LogP contribution in [0.4, 0.5) is 4.39 Å². The Balaban J connectivity index is 1.57. The third kappa shape index (κ3) is 3.14. The number of thiophene rings is 1. The molecule has 1 aliphatic rings. The van der Waals surface area contributed by atoms with Gasteiger partial charge in [0.1, 0.15) is 11.4 Å². The Morgan fingerprint density at radius 3 is 2.58 bits per heavy atom. The largest absolute Gasteiger partial charge is 0.340 e. The second-order valence-electron chi connectivity index (χ2n) is 6.55. The topological polar surface area (TPSA) is 68.0 Å². The molecule has 1 aliphatic carbocycles. The number of hydrogen-bond donors (Lipinski definition) is 1. The zero-order valence-electron chi connectivity index (χ0n) is 14.3. The first-order valence-electron chi connectivity index (χ1n) is 8.55. The van der Waals surface area contributed by atoms with Gasteiger partial charge in [0, 0.05) is 11.8 Å². The van der Waals surface area contributed by atoms with Crippen molar-refractivity contribution in [3.8, 4) is 10.4 Å². The number of nitrogens with zero attached hydrogens (tertiary/aromatic N) is 2. The van der Waals surface area contributed by atoms with Gasteiger partial charge in [-0.3, -0.25) is 4.79 Å². The number of aryl methyl sites for hydroxylation is 1. The molecule has 0 aliphatic heterocycles. The van der Waals surface area contributed by atoms with Crippen molar-refractivity contribution in [2.24, 2.45) is 0 Å². The van der Waals surface area contributed by atoms with Crippen LogP contribution in [0.5, 0.6) is 0 Å². The summed E-state index contributed by atoms with van der Waals surface area (Å²) in [6.45, 7) is 1.75. The molecule has 1 amide bonds. The highest BCUT2D eigenvalue weighted by Gasteiger charge is 2.41. The van der Waals surface area contributed by atoms with Crippen LogP contribution in [0.25, 0.3) is 10.4 Å². The zero-order chi connectivity index (χ0) is 18.1. The molecule has 0 radical (unpaired) electrons. The summed E-state index contributed by atoms with van der Waals surface area (Å²) in [6.07, 6.45) is 3.63. The molecule has 0 saturated heterocycles. The van der Waals surface area contributed by atoms with Crippen molar-refractivity contribution in [3.05, 3.63) is 58.8 Å². The fraction of sp³-hybridized carbons (Fsp3) is 0.316. The molecule has 1 saturated carbocycles. The molecular weight excluding hydrogens is 353 g/mol. The highest BCUT2D eigenvalue weighted by atomic mass is 32.1. The molecule has 26 heavy (non-hydrogen) atoms. The standard InChI is InChI=1S/C19H18FN3O2S/c1-12-21-18(23-25-12)19(10-2-3-11-19)22-17(24)16-9-8-15(26-16)13-4-6-14(20)7-5-13/h4-9H,2-3,10-11H2,1H3,(H,22,24). The number of hydrogen-bond acceptors (Lipinski definition) is 5. The van der Waals surface area contributed by atoms with Crippen LogP contribution < -0.4 is 5.32 Å². The molecule has 5 nitrogen and oxygen atoms in total. The number of halogens is 1.